The van der Waals surface area contributed by atoms with Gasteiger partial charge in [-0.25, -0.2) is 4.39 Å². The van der Waals surface area contributed by atoms with Gasteiger partial charge in [-0.05, 0) is 47.8 Å². The highest BCUT2D eigenvalue weighted by Gasteiger charge is 2.50. The van der Waals surface area contributed by atoms with Gasteiger partial charge in [0.25, 0.3) is 0 Å². The number of ether oxygens (including phenoxy) is 2. The molecule has 1 aromatic carbocycles. The van der Waals surface area contributed by atoms with Crippen LogP contribution in [0.5, 0.6) is 5.75 Å². The van der Waals surface area contributed by atoms with Crippen molar-refractivity contribution in [3.8, 4) is 5.75 Å². The number of hydrogen-bond acceptors (Lipinski definition) is 4. The van der Waals surface area contributed by atoms with Crippen LogP contribution in [0.2, 0.25) is 0 Å². The topological polar surface area (TPSA) is 50.7 Å². The Labute approximate surface area is 155 Å². The van der Waals surface area contributed by atoms with Crippen LogP contribution in [0.25, 0.3) is 0 Å². The summed E-state index contributed by atoms with van der Waals surface area (Å²) < 4.78 is 24.5. The number of aliphatic hydroxyl groups excluding tert-OH is 1. The second-order valence-corrected chi connectivity index (χ2v) is 7.97. The minimum Gasteiger partial charge on any atom is -0.489 e. The van der Waals surface area contributed by atoms with Crippen molar-refractivity contribution >= 4 is 0 Å². The maximum Gasteiger partial charge on any atom is 0.165 e. The SMILES string of the molecule is CC1(C)C2CC=C(COCC(O)CNCCOc3ccccc3F)C1C2. The number of aliphatic hydroxyl groups is 1. The summed E-state index contributed by atoms with van der Waals surface area (Å²) in [5.74, 6) is 1.36. The zero-order valence-corrected chi connectivity index (χ0v) is 15.7. The smallest absolute Gasteiger partial charge is 0.165 e. The van der Waals surface area contributed by atoms with Crippen molar-refractivity contribution in [2.24, 2.45) is 17.3 Å². The standard InChI is InChI=1S/C21H30FNO3/c1-21(2)16-8-7-15(18(21)11-16)13-25-14-17(24)12-23-9-10-26-20-6-4-3-5-19(20)22/h3-7,16-18,23-24H,8-14H2,1-2H3. The lowest BCUT2D eigenvalue weighted by atomic mass is 9.49. The first-order chi connectivity index (χ1) is 12.5. The summed E-state index contributed by atoms with van der Waals surface area (Å²) in [7, 11) is 0. The number of benzene rings is 1. The maximum absolute atomic E-state index is 13.4. The first-order valence-electron chi connectivity index (χ1n) is 9.51. The Hall–Kier alpha value is -1.43. The minimum atomic E-state index is -0.560. The molecule has 0 radical (unpaired) electrons. The van der Waals surface area contributed by atoms with E-state index in [1.165, 1.54) is 18.1 Å². The molecule has 3 aliphatic rings. The van der Waals surface area contributed by atoms with E-state index in [0.717, 1.165) is 12.3 Å². The number of allylic oxidation sites excluding steroid dienone is 1. The predicted molar refractivity (Wildman–Crippen MR) is 99.7 cm³/mol. The third kappa shape index (κ3) is 4.45. The number of para-hydroxylation sites is 1. The van der Waals surface area contributed by atoms with Crippen molar-refractivity contribution in [1.29, 1.82) is 0 Å². The zero-order valence-electron chi connectivity index (χ0n) is 15.7. The quantitative estimate of drug-likeness (QED) is 0.495. The van der Waals surface area contributed by atoms with Crippen molar-refractivity contribution in [3.63, 3.8) is 0 Å². The molecule has 4 rings (SSSR count). The summed E-state index contributed by atoms with van der Waals surface area (Å²) in [4.78, 5) is 0. The van der Waals surface area contributed by atoms with Gasteiger partial charge in [0.15, 0.2) is 11.6 Å². The molecule has 3 unspecified atom stereocenters. The molecule has 2 bridgehead atoms. The molecule has 0 aliphatic heterocycles. The Bertz CT molecular complexity index is 631. The fraction of sp³-hybridized carbons (Fsp3) is 0.619. The van der Waals surface area contributed by atoms with Gasteiger partial charge in [-0.1, -0.05) is 32.1 Å². The molecule has 1 fully saturated rings. The number of rotatable bonds is 10. The number of fused-ring (bicyclic) bond motifs is 1. The van der Waals surface area contributed by atoms with E-state index in [0.29, 0.717) is 44.2 Å². The van der Waals surface area contributed by atoms with Crippen LogP contribution in [0.3, 0.4) is 0 Å². The van der Waals surface area contributed by atoms with Crippen molar-refractivity contribution < 1.29 is 19.0 Å². The molecule has 0 aromatic heterocycles. The molecule has 4 nitrogen and oxygen atoms in total. The molecule has 26 heavy (non-hydrogen) atoms. The van der Waals surface area contributed by atoms with Crippen LogP contribution in [-0.2, 0) is 4.74 Å². The molecule has 1 aromatic rings. The molecule has 2 N–H and O–H groups in total. The molecular weight excluding hydrogens is 333 g/mol. The van der Waals surface area contributed by atoms with Crippen LogP contribution in [0.15, 0.2) is 35.9 Å². The van der Waals surface area contributed by atoms with Crippen LogP contribution in [0.4, 0.5) is 4.39 Å². The second kappa shape index (κ2) is 8.51. The summed E-state index contributed by atoms with van der Waals surface area (Å²) in [6, 6.07) is 6.34. The van der Waals surface area contributed by atoms with Gasteiger partial charge in [0.1, 0.15) is 6.61 Å². The number of halogens is 1. The Balaban J connectivity index is 1.25. The van der Waals surface area contributed by atoms with Crippen molar-refractivity contribution in [3.05, 3.63) is 41.7 Å². The van der Waals surface area contributed by atoms with Gasteiger partial charge in [0.2, 0.25) is 0 Å². The molecule has 3 atom stereocenters. The van der Waals surface area contributed by atoms with E-state index in [1.807, 2.05) is 0 Å². The lowest BCUT2D eigenvalue weighted by molar-refractivity contribution is -0.0235. The van der Waals surface area contributed by atoms with Gasteiger partial charge in [-0.3, -0.25) is 0 Å². The fourth-order valence-electron chi connectivity index (χ4n) is 4.08. The van der Waals surface area contributed by atoms with Crippen molar-refractivity contribution in [2.45, 2.75) is 32.8 Å². The molecule has 144 valence electrons. The largest absolute Gasteiger partial charge is 0.489 e. The molecule has 0 heterocycles. The molecular formula is C21H30FNO3. The molecule has 1 saturated carbocycles. The molecule has 0 spiro atoms. The lowest BCUT2D eigenvalue weighted by Gasteiger charge is -2.56. The second-order valence-electron chi connectivity index (χ2n) is 7.97. The van der Waals surface area contributed by atoms with E-state index in [-0.39, 0.29) is 11.6 Å². The van der Waals surface area contributed by atoms with Gasteiger partial charge >= 0.3 is 0 Å². The highest BCUT2D eigenvalue weighted by atomic mass is 19.1. The first-order valence-corrected chi connectivity index (χ1v) is 9.51. The van der Waals surface area contributed by atoms with Crippen LogP contribution in [0.1, 0.15) is 26.7 Å². The summed E-state index contributed by atoms with van der Waals surface area (Å²) >= 11 is 0. The summed E-state index contributed by atoms with van der Waals surface area (Å²) in [5, 5.41) is 13.1. The Kier molecular flexibility index (Phi) is 6.33. The third-order valence-corrected chi connectivity index (χ3v) is 5.91. The molecule has 0 saturated heterocycles. The van der Waals surface area contributed by atoms with Crippen molar-refractivity contribution in [2.75, 3.05) is 32.9 Å². The van der Waals surface area contributed by atoms with Gasteiger partial charge in [-0.2, -0.15) is 0 Å². The van der Waals surface area contributed by atoms with Crippen LogP contribution in [0, 0.1) is 23.1 Å². The normalized spacial score (nSPS) is 24.5. The third-order valence-electron chi connectivity index (χ3n) is 5.91. The first kappa shape index (κ1) is 19.3. The fourth-order valence-corrected chi connectivity index (χ4v) is 4.08. The summed E-state index contributed by atoms with van der Waals surface area (Å²) in [5.41, 5.74) is 1.81. The van der Waals surface area contributed by atoms with Crippen LogP contribution in [-0.4, -0.2) is 44.1 Å². The highest BCUT2D eigenvalue weighted by Crippen LogP contribution is 2.59. The number of nitrogens with one attached hydrogen (secondary N) is 1. The molecule has 0 amide bonds. The van der Waals surface area contributed by atoms with E-state index < -0.39 is 6.10 Å². The Morgan fingerprint density at radius 1 is 1.35 bits per heavy atom. The number of hydrogen-bond donors (Lipinski definition) is 2. The summed E-state index contributed by atoms with van der Waals surface area (Å²) in [6.07, 6.45) is 4.21. The predicted octanol–water partition coefficient (Wildman–Crippen LogP) is 3.16. The van der Waals surface area contributed by atoms with Gasteiger partial charge in [0.05, 0.1) is 19.3 Å². The average molecular weight is 363 g/mol. The highest BCUT2D eigenvalue weighted by molar-refractivity contribution is 5.24. The maximum atomic E-state index is 13.4. The van der Waals surface area contributed by atoms with Crippen LogP contribution < -0.4 is 10.1 Å². The minimum absolute atomic E-state index is 0.250. The van der Waals surface area contributed by atoms with E-state index in [1.54, 1.807) is 18.2 Å². The molecule has 5 heteroatoms. The van der Waals surface area contributed by atoms with E-state index in [9.17, 15) is 9.50 Å². The van der Waals surface area contributed by atoms with Gasteiger partial charge in [-0.15, -0.1) is 0 Å². The monoisotopic (exact) mass is 363 g/mol. The molecule has 3 aliphatic carbocycles. The zero-order chi connectivity index (χ0) is 18.6. The lowest BCUT2D eigenvalue weighted by Crippen LogP contribution is -2.48. The average Bonchev–Trinajstić information content (AvgIpc) is 2.63. The Morgan fingerprint density at radius 2 is 2.15 bits per heavy atom. The van der Waals surface area contributed by atoms with Gasteiger partial charge < -0.3 is 19.9 Å². The van der Waals surface area contributed by atoms with Crippen LogP contribution >= 0.6 is 0 Å². The van der Waals surface area contributed by atoms with Crippen molar-refractivity contribution in [1.82, 2.24) is 5.32 Å². The van der Waals surface area contributed by atoms with E-state index in [4.69, 9.17) is 9.47 Å². The van der Waals surface area contributed by atoms with Gasteiger partial charge in [0, 0.05) is 13.1 Å². The van der Waals surface area contributed by atoms with E-state index in [2.05, 4.69) is 25.2 Å². The summed E-state index contributed by atoms with van der Waals surface area (Å²) in [6.45, 7) is 6.94. The Morgan fingerprint density at radius 3 is 2.88 bits per heavy atom. The van der Waals surface area contributed by atoms with E-state index >= 15 is 0 Å².